The number of amides is 3. The maximum atomic E-state index is 12.2. The second-order valence-corrected chi connectivity index (χ2v) is 5.62. The third-order valence-corrected chi connectivity index (χ3v) is 3.78. The third kappa shape index (κ3) is 5.41. The molecule has 128 valence electrons. The molecule has 0 aromatic heterocycles. The summed E-state index contributed by atoms with van der Waals surface area (Å²) in [6, 6.07) is 7.16. The van der Waals surface area contributed by atoms with Crippen LogP contribution in [0, 0.1) is 5.92 Å². The number of para-hydroxylation sites is 2. The van der Waals surface area contributed by atoms with Crippen LogP contribution in [0.4, 0.5) is 16.2 Å². The van der Waals surface area contributed by atoms with E-state index in [4.69, 9.17) is 0 Å². The molecule has 1 fully saturated rings. The molecule has 3 amide bonds. The number of nitrogens with zero attached hydrogens (tertiary/aromatic N) is 1. The summed E-state index contributed by atoms with van der Waals surface area (Å²) in [5, 5.41) is 8.75. The van der Waals surface area contributed by atoms with Gasteiger partial charge in [0.05, 0.1) is 11.4 Å². The summed E-state index contributed by atoms with van der Waals surface area (Å²) in [5.41, 5.74) is 1.26. The summed E-state index contributed by atoms with van der Waals surface area (Å²) in [6.07, 6.45) is 2.10. The molecule has 0 bridgehead atoms. The quantitative estimate of drug-likeness (QED) is 0.771. The molecule has 0 radical (unpaired) electrons. The first-order chi connectivity index (χ1) is 10.6. The van der Waals surface area contributed by atoms with E-state index in [1.54, 1.807) is 17.0 Å². The van der Waals surface area contributed by atoms with Crippen LogP contribution < -0.4 is 16.0 Å². The second-order valence-electron chi connectivity index (χ2n) is 5.62. The van der Waals surface area contributed by atoms with Gasteiger partial charge in [-0.1, -0.05) is 19.1 Å². The monoisotopic (exact) mass is 340 g/mol. The molecule has 6 nitrogen and oxygen atoms in total. The van der Waals surface area contributed by atoms with Crippen molar-refractivity contribution in [1.82, 2.24) is 10.2 Å². The van der Waals surface area contributed by atoms with Crippen molar-refractivity contribution < 1.29 is 9.59 Å². The molecule has 23 heavy (non-hydrogen) atoms. The lowest BCUT2D eigenvalue weighted by Crippen LogP contribution is -2.33. The van der Waals surface area contributed by atoms with Gasteiger partial charge in [-0.05, 0) is 32.0 Å². The number of hydrogen-bond acceptors (Lipinski definition) is 3. The van der Waals surface area contributed by atoms with Gasteiger partial charge in [0.1, 0.15) is 0 Å². The Kier molecular flexibility index (Phi) is 7.85. The van der Waals surface area contributed by atoms with Crippen LogP contribution in [0.5, 0.6) is 0 Å². The first-order valence-corrected chi connectivity index (χ1v) is 7.72. The lowest BCUT2D eigenvalue weighted by molar-refractivity contribution is -0.119. The molecule has 1 unspecified atom stereocenters. The fraction of sp³-hybridized carbons (Fsp3) is 0.500. The van der Waals surface area contributed by atoms with Gasteiger partial charge in [-0.15, -0.1) is 12.4 Å². The Bertz CT molecular complexity index is 533. The normalized spacial score (nSPS) is 14.8. The van der Waals surface area contributed by atoms with E-state index in [0.29, 0.717) is 17.9 Å². The minimum absolute atomic E-state index is 0. The van der Waals surface area contributed by atoms with Crippen LogP contribution in [0.15, 0.2) is 24.3 Å². The number of likely N-dealkylation sites (tertiary alicyclic amines) is 1. The van der Waals surface area contributed by atoms with Crippen molar-refractivity contribution in [3.63, 3.8) is 0 Å². The van der Waals surface area contributed by atoms with Crippen molar-refractivity contribution in [3.8, 4) is 0 Å². The zero-order valence-electron chi connectivity index (χ0n) is 13.6. The van der Waals surface area contributed by atoms with Gasteiger partial charge in [-0.25, -0.2) is 4.79 Å². The maximum absolute atomic E-state index is 12.2. The lowest BCUT2D eigenvalue weighted by atomic mass is 10.1. The van der Waals surface area contributed by atoms with E-state index in [2.05, 4.69) is 16.0 Å². The number of carbonyl (C=O) groups is 2. The van der Waals surface area contributed by atoms with Crippen molar-refractivity contribution in [2.75, 3.05) is 37.3 Å². The number of rotatable bonds is 5. The Morgan fingerprint density at radius 3 is 2.26 bits per heavy atom. The Labute approximate surface area is 143 Å². The minimum Gasteiger partial charge on any atom is -0.325 e. The smallest absolute Gasteiger partial charge is 0.321 e. The van der Waals surface area contributed by atoms with Gasteiger partial charge in [0, 0.05) is 25.6 Å². The van der Waals surface area contributed by atoms with Gasteiger partial charge >= 0.3 is 6.03 Å². The van der Waals surface area contributed by atoms with E-state index >= 15 is 0 Å². The van der Waals surface area contributed by atoms with E-state index < -0.39 is 0 Å². The van der Waals surface area contributed by atoms with Gasteiger partial charge in [0.15, 0.2) is 0 Å². The summed E-state index contributed by atoms with van der Waals surface area (Å²) < 4.78 is 0. The van der Waals surface area contributed by atoms with E-state index in [9.17, 15) is 9.59 Å². The summed E-state index contributed by atoms with van der Waals surface area (Å²) in [7, 11) is 1.81. The average molecular weight is 341 g/mol. The SMILES string of the molecule is CNCC(C)C(=O)Nc1ccccc1NC(=O)N1CCCC1.Cl. The number of hydrogen-bond donors (Lipinski definition) is 3. The number of halogens is 1. The zero-order valence-corrected chi connectivity index (χ0v) is 14.4. The first kappa shape index (κ1) is 19.3. The van der Waals surface area contributed by atoms with Gasteiger partial charge < -0.3 is 20.9 Å². The molecular formula is C16H25ClN4O2. The van der Waals surface area contributed by atoms with Crippen LogP contribution in [0.2, 0.25) is 0 Å². The summed E-state index contributed by atoms with van der Waals surface area (Å²) in [6.45, 7) is 4.05. The van der Waals surface area contributed by atoms with E-state index in [1.807, 2.05) is 26.1 Å². The van der Waals surface area contributed by atoms with Gasteiger partial charge in [-0.2, -0.15) is 0 Å². The molecule has 1 aliphatic rings. The van der Waals surface area contributed by atoms with Crippen molar-refractivity contribution in [2.45, 2.75) is 19.8 Å². The second kappa shape index (κ2) is 9.37. The molecule has 1 atom stereocenters. The highest BCUT2D eigenvalue weighted by Crippen LogP contribution is 2.22. The van der Waals surface area contributed by atoms with Gasteiger partial charge in [0.25, 0.3) is 0 Å². The summed E-state index contributed by atoms with van der Waals surface area (Å²) >= 11 is 0. The highest BCUT2D eigenvalue weighted by molar-refractivity contribution is 5.99. The largest absolute Gasteiger partial charge is 0.325 e. The average Bonchev–Trinajstić information content (AvgIpc) is 3.03. The fourth-order valence-electron chi connectivity index (χ4n) is 2.47. The molecule has 1 saturated heterocycles. The topological polar surface area (TPSA) is 73.5 Å². The number of nitrogens with one attached hydrogen (secondary N) is 3. The molecule has 1 aliphatic heterocycles. The molecule has 3 N–H and O–H groups in total. The Morgan fingerprint density at radius 1 is 1.13 bits per heavy atom. The lowest BCUT2D eigenvalue weighted by Gasteiger charge is -2.19. The van der Waals surface area contributed by atoms with E-state index in [0.717, 1.165) is 25.9 Å². The number of benzene rings is 1. The predicted octanol–water partition coefficient (Wildman–Crippen LogP) is 2.53. The Hall–Kier alpha value is -1.79. The van der Waals surface area contributed by atoms with Gasteiger partial charge in [0.2, 0.25) is 5.91 Å². The number of anilines is 2. The van der Waals surface area contributed by atoms with Crippen molar-refractivity contribution in [3.05, 3.63) is 24.3 Å². The van der Waals surface area contributed by atoms with Crippen LogP contribution in [0.1, 0.15) is 19.8 Å². The maximum Gasteiger partial charge on any atom is 0.321 e. The molecule has 2 rings (SSSR count). The van der Waals surface area contributed by atoms with E-state index in [1.165, 1.54) is 0 Å². The number of urea groups is 1. The van der Waals surface area contributed by atoms with E-state index in [-0.39, 0.29) is 30.3 Å². The molecule has 0 saturated carbocycles. The summed E-state index contributed by atoms with van der Waals surface area (Å²) in [4.78, 5) is 26.1. The predicted molar refractivity (Wildman–Crippen MR) is 95.2 cm³/mol. The van der Waals surface area contributed by atoms with Crippen LogP contribution in [0.3, 0.4) is 0 Å². The molecule has 0 aliphatic carbocycles. The first-order valence-electron chi connectivity index (χ1n) is 7.72. The Balaban J connectivity index is 0.00000264. The molecule has 1 aromatic carbocycles. The molecule has 1 heterocycles. The zero-order chi connectivity index (χ0) is 15.9. The highest BCUT2D eigenvalue weighted by atomic mass is 35.5. The third-order valence-electron chi connectivity index (χ3n) is 3.78. The Morgan fingerprint density at radius 2 is 1.70 bits per heavy atom. The standard InChI is InChI=1S/C16H24N4O2.ClH/c1-12(11-17-2)15(21)18-13-7-3-4-8-14(13)19-16(22)20-9-5-6-10-20;/h3-4,7-8,12,17H,5-6,9-11H2,1-2H3,(H,18,21)(H,19,22);1H. The van der Waals surface area contributed by atoms with Crippen LogP contribution in [-0.2, 0) is 4.79 Å². The summed E-state index contributed by atoms with van der Waals surface area (Å²) in [5.74, 6) is -0.218. The highest BCUT2D eigenvalue weighted by Gasteiger charge is 2.19. The molecular weight excluding hydrogens is 316 g/mol. The number of carbonyl (C=O) groups excluding carboxylic acids is 2. The van der Waals surface area contributed by atoms with Crippen molar-refractivity contribution in [1.29, 1.82) is 0 Å². The van der Waals surface area contributed by atoms with Crippen LogP contribution in [0.25, 0.3) is 0 Å². The molecule has 0 spiro atoms. The van der Waals surface area contributed by atoms with Crippen molar-refractivity contribution >= 4 is 35.7 Å². The van der Waals surface area contributed by atoms with Crippen molar-refractivity contribution in [2.24, 2.45) is 5.92 Å². The fourth-order valence-corrected chi connectivity index (χ4v) is 2.47. The molecule has 1 aromatic rings. The minimum atomic E-state index is -0.146. The molecule has 7 heteroatoms. The van der Waals surface area contributed by atoms with Crippen LogP contribution >= 0.6 is 12.4 Å². The van der Waals surface area contributed by atoms with Crippen LogP contribution in [-0.4, -0.2) is 43.5 Å². The van der Waals surface area contributed by atoms with Gasteiger partial charge in [-0.3, -0.25) is 4.79 Å².